The molecule has 0 aliphatic carbocycles. The minimum atomic E-state index is 1.06. The fourth-order valence-electron chi connectivity index (χ4n) is 2.95. The lowest BCUT2D eigenvalue weighted by Crippen LogP contribution is -2.09. The zero-order valence-corrected chi connectivity index (χ0v) is 12.0. The Bertz CT molecular complexity index is 759. The van der Waals surface area contributed by atoms with E-state index in [9.17, 15) is 0 Å². The van der Waals surface area contributed by atoms with Crippen LogP contribution in [0.15, 0.2) is 46.9 Å². The molecule has 0 N–H and O–H groups in total. The summed E-state index contributed by atoms with van der Waals surface area (Å²) >= 11 is 3.67. The standard InChI is InChI=1S/C16H13BrN2/c17-13-8-9-14-15-12(13)7-4-10-19(15)16(18-14)11-5-2-1-3-6-11/h1-3,5-6,8-9H,4,7,10H2. The summed E-state index contributed by atoms with van der Waals surface area (Å²) in [4.78, 5) is 4.84. The number of hydrogen-bond donors (Lipinski definition) is 0. The van der Waals surface area contributed by atoms with Crippen molar-refractivity contribution in [3.05, 3.63) is 52.5 Å². The summed E-state index contributed by atoms with van der Waals surface area (Å²) in [7, 11) is 0. The highest BCUT2D eigenvalue weighted by atomic mass is 79.9. The van der Waals surface area contributed by atoms with Crippen molar-refractivity contribution in [2.75, 3.05) is 0 Å². The Kier molecular flexibility index (Phi) is 2.49. The molecule has 94 valence electrons. The van der Waals surface area contributed by atoms with E-state index in [1.807, 2.05) is 6.07 Å². The Balaban J connectivity index is 2.07. The van der Waals surface area contributed by atoms with Gasteiger partial charge < -0.3 is 4.57 Å². The van der Waals surface area contributed by atoms with Gasteiger partial charge in [0.25, 0.3) is 0 Å². The molecular formula is C16H13BrN2. The first kappa shape index (κ1) is 11.2. The molecular weight excluding hydrogens is 300 g/mol. The van der Waals surface area contributed by atoms with E-state index in [2.05, 4.69) is 56.9 Å². The maximum absolute atomic E-state index is 4.84. The zero-order chi connectivity index (χ0) is 12.8. The van der Waals surface area contributed by atoms with Crippen molar-refractivity contribution < 1.29 is 0 Å². The summed E-state index contributed by atoms with van der Waals surface area (Å²) in [6, 6.07) is 14.7. The molecule has 0 saturated carbocycles. The van der Waals surface area contributed by atoms with E-state index in [1.165, 1.54) is 27.5 Å². The molecule has 0 amide bonds. The topological polar surface area (TPSA) is 17.8 Å². The van der Waals surface area contributed by atoms with E-state index in [-0.39, 0.29) is 0 Å². The quantitative estimate of drug-likeness (QED) is 0.650. The SMILES string of the molecule is Brc1ccc2nc(-c3ccccc3)n3c2c1CCC3. The van der Waals surface area contributed by atoms with Crippen LogP contribution in [0.2, 0.25) is 0 Å². The highest BCUT2D eigenvalue weighted by Gasteiger charge is 2.20. The largest absolute Gasteiger partial charge is 0.324 e. The first-order chi connectivity index (χ1) is 9.34. The normalized spacial score (nSPS) is 13.9. The van der Waals surface area contributed by atoms with Crippen LogP contribution in [-0.2, 0) is 13.0 Å². The number of benzene rings is 2. The molecule has 3 heteroatoms. The van der Waals surface area contributed by atoms with Gasteiger partial charge in [0.1, 0.15) is 5.82 Å². The van der Waals surface area contributed by atoms with E-state index in [1.54, 1.807) is 0 Å². The van der Waals surface area contributed by atoms with Gasteiger partial charge in [0, 0.05) is 16.6 Å². The van der Waals surface area contributed by atoms with Crippen molar-refractivity contribution in [2.24, 2.45) is 0 Å². The molecule has 0 bridgehead atoms. The highest BCUT2D eigenvalue weighted by Crippen LogP contribution is 2.34. The van der Waals surface area contributed by atoms with Crippen molar-refractivity contribution in [1.82, 2.24) is 9.55 Å². The molecule has 1 aromatic heterocycles. The minimum absolute atomic E-state index is 1.06. The van der Waals surface area contributed by atoms with E-state index in [0.29, 0.717) is 0 Å². The summed E-state index contributed by atoms with van der Waals surface area (Å²) in [6.07, 6.45) is 2.32. The number of aromatic nitrogens is 2. The van der Waals surface area contributed by atoms with Gasteiger partial charge >= 0.3 is 0 Å². The third-order valence-corrected chi connectivity index (χ3v) is 4.54. The lowest BCUT2D eigenvalue weighted by atomic mass is 10.0. The van der Waals surface area contributed by atoms with Gasteiger partial charge in [0.05, 0.1) is 11.0 Å². The predicted molar refractivity (Wildman–Crippen MR) is 81.2 cm³/mol. The monoisotopic (exact) mass is 312 g/mol. The Morgan fingerprint density at radius 3 is 2.74 bits per heavy atom. The Labute approximate surface area is 120 Å². The molecule has 3 aromatic rings. The van der Waals surface area contributed by atoms with Crippen LogP contribution in [0.3, 0.4) is 0 Å². The second-order valence-corrected chi connectivity index (χ2v) is 5.80. The van der Waals surface area contributed by atoms with Gasteiger partial charge in [-0.05, 0) is 30.5 Å². The molecule has 0 atom stereocenters. The molecule has 0 spiro atoms. The van der Waals surface area contributed by atoms with Gasteiger partial charge in [-0.2, -0.15) is 0 Å². The second kappa shape index (κ2) is 4.20. The summed E-state index contributed by atoms with van der Waals surface area (Å²) in [5, 5.41) is 0. The van der Waals surface area contributed by atoms with Crippen molar-refractivity contribution in [2.45, 2.75) is 19.4 Å². The number of halogens is 1. The molecule has 0 fully saturated rings. The van der Waals surface area contributed by atoms with E-state index in [0.717, 1.165) is 24.3 Å². The lowest BCUT2D eigenvalue weighted by Gasteiger charge is -2.17. The van der Waals surface area contributed by atoms with Gasteiger partial charge in [0.15, 0.2) is 0 Å². The van der Waals surface area contributed by atoms with Crippen molar-refractivity contribution in [1.29, 1.82) is 0 Å². The maximum Gasteiger partial charge on any atom is 0.141 e. The Morgan fingerprint density at radius 2 is 1.89 bits per heavy atom. The van der Waals surface area contributed by atoms with Gasteiger partial charge in [-0.15, -0.1) is 0 Å². The van der Waals surface area contributed by atoms with Gasteiger partial charge in [-0.1, -0.05) is 46.3 Å². The first-order valence-corrected chi connectivity index (χ1v) is 7.37. The second-order valence-electron chi connectivity index (χ2n) is 4.95. The van der Waals surface area contributed by atoms with Crippen molar-refractivity contribution in [3.8, 4) is 11.4 Å². The van der Waals surface area contributed by atoms with Crippen LogP contribution in [0.5, 0.6) is 0 Å². The molecule has 2 nitrogen and oxygen atoms in total. The van der Waals surface area contributed by atoms with E-state index < -0.39 is 0 Å². The van der Waals surface area contributed by atoms with Gasteiger partial charge in [-0.25, -0.2) is 4.98 Å². The molecule has 19 heavy (non-hydrogen) atoms. The van der Waals surface area contributed by atoms with Crippen molar-refractivity contribution in [3.63, 3.8) is 0 Å². The molecule has 2 heterocycles. The van der Waals surface area contributed by atoms with Crippen molar-refractivity contribution >= 4 is 27.0 Å². The highest BCUT2D eigenvalue weighted by molar-refractivity contribution is 9.10. The molecule has 0 unspecified atom stereocenters. The number of nitrogens with zero attached hydrogens (tertiary/aromatic N) is 2. The predicted octanol–water partition coefficient (Wildman–Crippen LogP) is 4.41. The minimum Gasteiger partial charge on any atom is -0.324 e. The first-order valence-electron chi connectivity index (χ1n) is 6.57. The maximum atomic E-state index is 4.84. The number of rotatable bonds is 1. The van der Waals surface area contributed by atoms with Crippen LogP contribution in [0.25, 0.3) is 22.4 Å². The number of imidazole rings is 1. The average Bonchev–Trinajstić information content (AvgIpc) is 2.84. The van der Waals surface area contributed by atoms with Crippen LogP contribution in [0.4, 0.5) is 0 Å². The summed E-state index contributed by atoms with van der Waals surface area (Å²) in [5.41, 5.74) is 5.01. The van der Waals surface area contributed by atoms with Crippen LogP contribution in [0, 0.1) is 0 Å². The van der Waals surface area contributed by atoms with E-state index in [4.69, 9.17) is 4.98 Å². The molecule has 2 aromatic carbocycles. The van der Waals surface area contributed by atoms with Crippen LogP contribution < -0.4 is 0 Å². The molecule has 1 aliphatic heterocycles. The molecule has 4 rings (SSSR count). The van der Waals surface area contributed by atoms with Crippen LogP contribution >= 0.6 is 15.9 Å². The van der Waals surface area contributed by atoms with Crippen LogP contribution in [-0.4, -0.2) is 9.55 Å². The number of aryl methyl sites for hydroxylation is 2. The summed E-state index contributed by atoms with van der Waals surface area (Å²) < 4.78 is 3.58. The fraction of sp³-hybridized carbons (Fsp3) is 0.188. The average molecular weight is 313 g/mol. The molecule has 0 saturated heterocycles. The fourth-order valence-corrected chi connectivity index (χ4v) is 3.47. The zero-order valence-electron chi connectivity index (χ0n) is 10.4. The third-order valence-electron chi connectivity index (χ3n) is 3.80. The van der Waals surface area contributed by atoms with Gasteiger partial charge in [-0.3, -0.25) is 0 Å². The lowest BCUT2D eigenvalue weighted by molar-refractivity contribution is 0.636. The number of hydrogen-bond acceptors (Lipinski definition) is 1. The van der Waals surface area contributed by atoms with Gasteiger partial charge in [0.2, 0.25) is 0 Å². The van der Waals surface area contributed by atoms with E-state index >= 15 is 0 Å². The third kappa shape index (κ3) is 1.65. The summed E-state index contributed by atoms with van der Waals surface area (Å²) in [5.74, 6) is 1.09. The Hall–Kier alpha value is -1.61. The molecule has 1 aliphatic rings. The van der Waals surface area contributed by atoms with Crippen LogP contribution in [0.1, 0.15) is 12.0 Å². The molecule has 0 radical (unpaired) electrons. The summed E-state index contributed by atoms with van der Waals surface area (Å²) in [6.45, 7) is 1.06. The Morgan fingerprint density at radius 1 is 1.05 bits per heavy atom. The smallest absolute Gasteiger partial charge is 0.141 e.